The smallest absolute Gasteiger partial charge is 0.244 e. The molecule has 0 saturated carbocycles. The summed E-state index contributed by atoms with van der Waals surface area (Å²) >= 11 is 12.1. The lowest BCUT2D eigenvalue weighted by Gasteiger charge is -2.31. The second-order valence-electron chi connectivity index (χ2n) is 7.48. The molecule has 0 aliphatic rings. The number of benzene rings is 2. The van der Waals surface area contributed by atoms with Crippen LogP contribution < -0.4 is 9.62 Å². The molecule has 1 N–H and O–H groups in total. The molecule has 1 unspecified atom stereocenters. The van der Waals surface area contributed by atoms with Gasteiger partial charge in [-0.2, -0.15) is 0 Å². The van der Waals surface area contributed by atoms with Crippen LogP contribution in [-0.2, 0) is 26.2 Å². The molecule has 10 heteroatoms. The first-order valence-electron chi connectivity index (χ1n) is 9.99. The summed E-state index contributed by atoms with van der Waals surface area (Å²) in [6.45, 7) is 5.37. The van der Waals surface area contributed by atoms with E-state index in [0.717, 1.165) is 21.7 Å². The lowest BCUT2D eigenvalue weighted by Crippen LogP contribution is -2.51. The number of nitrogens with one attached hydrogen (secondary N) is 1. The quantitative estimate of drug-likeness (QED) is 0.570. The Morgan fingerprint density at radius 1 is 1.09 bits per heavy atom. The van der Waals surface area contributed by atoms with Gasteiger partial charge in [0.1, 0.15) is 12.6 Å². The van der Waals surface area contributed by atoms with Crippen LogP contribution in [0.1, 0.15) is 25.0 Å². The van der Waals surface area contributed by atoms with Gasteiger partial charge in [0.15, 0.2) is 0 Å². The molecule has 0 radical (unpaired) electrons. The first kappa shape index (κ1) is 26.0. The lowest BCUT2D eigenvalue weighted by atomic mass is 10.1. The van der Waals surface area contributed by atoms with Crippen LogP contribution in [0.25, 0.3) is 0 Å². The van der Waals surface area contributed by atoms with E-state index in [9.17, 15) is 18.0 Å². The van der Waals surface area contributed by atoms with Crippen molar-refractivity contribution in [3.05, 3.63) is 63.6 Å². The van der Waals surface area contributed by atoms with Crippen LogP contribution in [0.3, 0.4) is 0 Å². The number of likely N-dealkylation sites (N-methyl/N-ethyl adjacent to an activating group) is 1. The van der Waals surface area contributed by atoms with Crippen molar-refractivity contribution < 1.29 is 18.0 Å². The van der Waals surface area contributed by atoms with Gasteiger partial charge in [0.2, 0.25) is 21.8 Å². The Morgan fingerprint density at radius 2 is 1.72 bits per heavy atom. The molecule has 0 aliphatic heterocycles. The van der Waals surface area contributed by atoms with Crippen LogP contribution >= 0.6 is 23.2 Å². The van der Waals surface area contributed by atoms with Gasteiger partial charge in [0, 0.05) is 23.1 Å². The van der Waals surface area contributed by atoms with Gasteiger partial charge in [-0.3, -0.25) is 13.9 Å². The zero-order valence-corrected chi connectivity index (χ0v) is 20.8. The van der Waals surface area contributed by atoms with Crippen LogP contribution in [0, 0.1) is 6.92 Å². The molecule has 0 aliphatic carbocycles. The van der Waals surface area contributed by atoms with Crippen molar-refractivity contribution in [3.63, 3.8) is 0 Å². The zero-order chi connectivity index (χ0) is 24.1. The molecule has 32 heavy (non-hydrogen) atoms. The first-order chi connectivity index (χ1) is 14.9. The molecule has 0 fully saturated rings. The maximum atomic E-state index is 13.4. The third kappa shape index (κ3) is 7.12. The molecule has 0 aromatic heterocycles. The van der Waals surface area contributed by atoms with Crippen LogP contribution in [0.2, 0.25) is 10.0 Å². The summed E-state index contributed by atoms with van der Waals surface area (Å²) in [7, 11) is -3.85. The Kier molecular flexibility index (Phi) is 8.95. The minimum atomic E-state index is -3.85. The Balaban J connectivity index is 2.42. The number of amides is 2. The van der Waals surface area contributed by atoms with Crippen molar-refractivity contribution in [2.24, 2.45) is 0 Å². The molecule has 7 nitrogen and oxygen atoms in total. The van der Waals surface area contributed by atoms with Gasteiger partial charge in [-0.25, -0.2) is 8.42 Å². The van der Waals surface area contributed by atoms with E-state index in [-0.39, 0.29) is 28.2 Å². The number of rotatable bonds is 9. The van der Waals surface area contributed by atoms with E-state index in [1.54, 1.807) is 13.8 Å². The molecule has 0 spiro atoms. The molecule has 174 valence electrons. The minimum absolute atomic E-state index is 0.146. The maximum Gasteiger partial charge on any atom is 0.244 e. The monoisotopic (exact) mass is 499 g/mol. The standard InChI is InChI=1S/C22H27Cl2N3O4S/c1-5-25-22(29)16(3)26(13-17-8-6-7-15(2)9-17)21(28)14-27(32(4,30)31)20-11-18(23)10-19(24)12-20/h6-12,16H,5,13-14H2,1-4H3,(H,25,29). The average molecular weight is 500 g/mol. The van der Waals surface area contributed by atoms with Crippen LogP contribution in [-0.4, -0.2) is 50.5 Å². The van der Waals surface area contributed by atoms with E-state index in [1.807, 2.05) is 31.2 Å². The summed E-state index contributed by atoms with van der Waals surface area (Å²) in [4.78, 5) is 27.2. The van der Waals surface area contributed by atoms with Crippen molar-refractivity contribution in [2.45, 2.75) is 33.4 Å². The van der Waals surface area contributed by atoms with Gasteiger partial charge < -0.3 is 10.2 Å². The van der Waals surface area contributed by atoms with E-state index in [2.05, 4.69) is 5.32 Å². The number of hydrogen-bond donors (Lipinski definition) is 1. The molecule has 0 heterocycles. The fourth-order valence-electron chi connectivity index (χ4n) is 3.21. The van der Waals surface area contributed by atoms with Gasteiger partial charge in [0.25, 0.3) is 0 Å². The predicted octanol–water partition coefficient (Wildman–Crippen LogP) is 3.62. The number of anilines is 1. The molecular weight excluding hydrogens is 473 g/mol. The number of aryl methyl sites for hydroxylation is 1. The van der Waals surface area contributed by atoms with E-state index < -0.39 is 28.5 Å². The fraction of sp³-hybridized carbons (Fsp3) is 0.364. The number of hydrogen-bond acceptors (Lipinski definition) is 4. The van der Waals surface area contributed by atoms with E-state index in [1.165, 1.54) is 23.1 Å². The number of carbonyl (C=O) groups is 2. The molecule has 2 amide bonds. The summed E-state index contributed by atoms with van der Waals surface area (Å²) < 4.78 is 26.0. The van der Waals surface area contributed by atoms with Crippen molar-refractivity contribution in [1.82, 2.24) is 10.2 Å². The Labute approximate surface area is 199 Å². The number of sulfonamides is 1. The lowest BCUT2D eigenvalue weighted by molar-refractivity contribution is -0.139. The van der Waals surface area contributed by atoms with Crippen molar-refractivity contribution >= 4 is 50.7 Å². The van der Waals surface area contributed by atoms with Crippen molar-refractivity contribution in [2.75, 3.05) is 23.7 Å². The topological polar surface area (TPSA) is 86.8 Å². The number of nitrogens with zero attached hydrogens (tertiary/aromatic N) is 2. The van der Waals surface area contributed by atoms with E-state index in [4.69, 9.17) is 23.2 Å². The summed E-state index contributed by atoms with van der Waals surface area (Å²) in [5.41, 5.74) is 2.00. The number of halogens is 2. The van der Waals surface area contributed by atoms with Crippen LogP contribution in [0.15, 0.2) is 42.5 Å². The van der Waals surface area contributed by atoms with Crippen LogP contribution in [0.5, 0.6) is 0 Å². The Bertz CT molecular complexity index is 1070. The van der Waals surface area contributed by atoms with E-state index in [0.29, 0.717) is 6.54 Å². The zero-order valence-electron chi connectivity index (χ0n) is 18.4. The number of carbonyl (C=O) groups excluding carboxylic acids is 2. The third-order valence-electron chi connectivity index (χ3n) is 4.77. The van der Waals surface area contributed by atoms with Gasteiger partial charge in [-0.1, -0.05) is 53.0 Å². The minimum Gasteiger partial charge on any atom is -0.355 e. The molecule has 0 bridgehead atoms. The molecular formula is C22H27Cl2N3O4S. The first-order valence-corrected chi connectivity index (χ1v) is 12.6. The van der Waals surface area contributed by atoms with Gasteiger partial charge in [0.05, 0.1) is 11.9 Å². The second-order valence-corrected chi connectivity index (χ2v) is 10.3. The summed E-state index contributed by atoms with van der Waals surface area (Å²) in [5.74, 6) is -0.864. The van der Waals surface area contributed by atoms with Gasteiger partial charge in [-0.15, -0.1) is 0 Å². The van der Waals surface area contributed by atoms with Crippen LogP contribution in [0.4, 0.5) is 5.69 Å². The Hall–Kier alpha value is -2.29. The highest BCUT2D eigenvalue weighted by Gasteiger charge is 2.30. The molecule has 1 atom stereocenters. The SMILES string of the molecule is CCNC(=O)C(C)N(Cc1cccc(C)c1)C(=O)CN(c1cc(Cl)cc(Cl)c1)S(C)(=O)=O. The molecule has 2 rings (SSSR count). The van der Waals surface area contributed by atoms with Gasteiger partial charge >= 0.3 is 0 Å². The largest absolute Gasteiger partial charge is 0.355 e. The molecule has 2 aromatic rings. The second kappa shape index (κ2) is 11.0. The van der Waals surface area contributed by atoms with Crippen molar-refractivity contribution in [3.8, 4) is 0 Å². The third-order valence-corrected chi connectivity index (χ3v) is 6.35. The maximum absolute atomic E-state index is 13.4. The highest BCUT2D eigenvalue weighted by atomic mass is 35.5. The summed E-state index contributed by atoms with van der Waals surface area (Å²) in [5, 5.41) is 3.18. The molecule has 0 saturated heterocycles. The normalized spacial score (nSPS) is 12.2. The highest BCUT2D eigenvalue weighted by molar-refractivity contribution is 7.92. The van der Waals surface area contributed by atoms with Crippen molar-refractivity contribution in [1.29, 1.82) is 0 Å². The summed E-state index contributed by atoms with van der Waals surface area (Å²) in [6.07, 6.45) is 0.993. The van der Waals surface area contributed by atoms with Gasteiger partial charge in [-0.05, 0) is 44.5 Å². The highest BCUT2D eigenvalue weighted by Crippen LogP contribution is 2.27. The van der Waals surface area contributed by atoms with E-state index >= 15 is 0 Å². The Morgan fingerprint density at radius 3 is 2.25 bits per heavy atom. The predicted molar refractivity (Wildman–Crippen MR) is 129 cm³/mol. The fourth-order valence-corrected chi connectivity index (χ4v) is 4.56. The summed E-state index contributed by atoms with van der Waals surface area (Å²) in [6, 6.07) is 11.0. The molecule has 2 aromatic carbocycles. The average Bonchev–Trinajstić information content (AvgIpc) is 2.68.